The van der Waals surface area contributed by atoms with Gasteiger partial charge in [0.15, 0.2) is 11.5 Å². The summed E-state index contributed by atoms with van der Waals surface area (Å²) in [6.07, 6.45) is 2.12. The molecule has 0 unspecified atom stereocenters. The maximum absolute atomic E-state index is 9.41. The summed E-state index contributed by atoms with van der Waals surface area (Å²) in [5, 5.41) is 9.41. The van der Waals surface area contributed by atoms with Gasteiger partial charge in [-0.25, -0.2) is 0 Å². The van der Waals surface area contributed by atoms with Crippen molar-refractivity contribution in [2.24, 2.45) is 0 Å². The molecule has 72 valence electrons. The van der Waals surface area contributed by atoms with Crippen molar-refractivity contribution in [3.8, 4) is 11.5 Å². The zero-order chi connectivity index (χ0) is 9.68. The molecule has 1 N–H and O–H groups in total. The van der Waals surface area contributed by atoms with Gasteiger partial charge in [-0.3, -0.25) is 0 Å². The fraction of sp³-hybridized carbons (Fsp3) is 0.400. The maximum atomic E-state index is 9.41. The molecule has 0 aliphatic heterocycles. The smallest absolute Gasteiger partial charge is 0.161 e. The first-order valence-corrected chi connectivity index (χ1v) is 5.43. The Morgan fingerprint density at radius 2 is 2.23 bits per heavy atom. The molecule has 0 aliphatic carbocycles. The average Bonchev–Trinajstić information content (AvgIpc) is 2.11. The van der Waals surface area contributed by atoms with Crippen molar-refractivity contribution in [1.29, 1.82) is 0 Å². The molecule has 1 aromatic rings. The minimum Gasteiger partial charge on any atom is -0.504 e. The molecule has 3 heteroatoms. The highest BCUT2D eigenvalue weighted by molar-refractivity contribution is 14.1. The highest BCUT2D eigenvalue weighted by Gasteiger charge is 2.01. The second-order valence-corrected chi connectivity index (χ2v) is 4.06. The Morgan fingerprint density at radius 1 is 1.46 bits per heavy atom. The topological polar surface area (TPSA) is 29.5 Å². The van der Waals surface area contributed by atoms with E-state index in [-0.39, 0.29) is 5.75 Å². The van der Waals surface area contributed by atoms with E-state index < -0.39 is 0 Å². The van der Waals surface area contributed by atoms with E-state index in [0.29, 0.717) is 12.4 Å². The van der Waals surface area contributed by atoms with Crippen molar-refractivity contribution >= 4 is 22.6 Å². The highest BCUT2D eigenvalue weighted by atomic mass is 127. The minimum atomic E-state index is 0.219. The van der Waals surface area contributed by atoms with Gasteiger partial charge in [0, 0.05) is 3.57 Å². The number of benzene rings is 1. The van der Waals surface area contributed by atoms with Crippen LogP contribution in [0.25, 0.3) is 0 Å². The monoisotopic (exact) mass is 292 g/mol. The van der Waals surface area contributed by atoms with Gasteiger partial charge < -0.3 is 9.84 Å². The van der Waals surface area contributed by atoms with Crippen LogP contribution in [0.2, 0.25) is 0 Å². The number of phenols is 1. The molecular formula is C10H13IO2. The minimum absolute atomic E-state index is 0.219. The van der Waals surface area contributed by atoms with Crippen molar-refractivity contribution in [2.75, 3.05) is 6.61 Å². The predicted molar refractivity (Wildman–Crippen MR) is 61.2 cm³/mol. The Labute approximate surface area is 92.1 Å². The summed E-state index contributed by atoms with van der Waals surface area (Å²) >= 11 is 2.19. The first-order valence-electron chi connectivity index (χ1n) is 4.35. The Hall–Kier alpha value is -0.450. The number of halogens is 1. The fourth-order valence-electron chi connectivity index (χ4n) is 0.930. The summed E-state index contributed by atoms with van der Waals surface area (Å²) in [5.74, 6) is 0.803. The van der Waals surface area contributed by atoms with Crippen LogP contribution in [0.5, 0.6) is 11.5 Å². The van der Waals surface area contributed by atoms with Crippen LogP contribution in [0.1, 0.15) is 19.8 Å². The van der Waals surface area contributed by atoms with Crippen LogP contribution < -0.4 is 4.74 Å². The van der Waals surface area contributed by atoms with Gasteiger partial charge in [0.05, 0.1) is 6.61 Å². The molecular weight excluding hydrogens is 279 g/mol. The number of rotatable bonds is 4. The molecule has 1 rings (SSSR count). The molecule has 0 heterocycles. The maximum Gasteiger partial charge on any atom is 0.161 e. The van der Waals surface area contributed by atoms with Gasteiger partial charge in [0.25, 0.3) is 0 Å². The lowest BCUT2D eigenvalue weighted by atomic mass is 10.3. The lowest BCUT2D eigenvalue weighted by Crippen LogP contribution is -1.96. The standard InChI is InChI=1S/C10H13IO2/c1-2-3-6-13-10-7-8(11)4-5-9(10)12/h4-5,7,12H,2-3,6H2,1H3. The largest absolute Gasteiger partial charge is 0.504 e. The van der Waals surface area contributed by atoms with Crippen molar-refractivity contribution < 1.29 is 9.84 Å². The Morgan fingerprint density at radius 3 is 2.92 bits per heavy atom. The number of hydrogen-bond donors (Lipinski definition) is 1. The molecule has 0 fully saturated rings. The molecule has 2 nitrogen and oxygen atoms in total. The molecule has 0 saturated heterocycles. The Balaban J connectivity index is 2.59. The van der Waals surface area contributed by atoms with E-state index >= 15 is 0 Å². The third kappa shape index (κ3) is 3.42. The van der Waals surface area contributed by atoms with Gasteiger partial charge in [0.1, 0.15) is 0 Å². The quantitative estimate of drug-likeness (QED) is 0.682. The van der Waals surface area contributed by atoms with E-state index in [9.17, 15) is 5.11 Å². The molecule has 0 spiro atoms. The third-order valence-electron chi connectivity index (χ3n) is 1.68. The van der Waals surface area contributed by atoms with Crippen LogP contribution in [-0.4, -0.2) is 11.7 Å². The molecule has 0 atom stereocenters. The third-order valence-corrected chi connectivity index (χ3v) is 2.35. The summed E-state index contributed by atoms with van der Waals surface area (Å²) in [6, 6.07) is 5.34. The first-order chi connectivity index (χ1) is 6.24. The molecule has 0 amide bonds. The van der Waals surface area contributed by atoms with Crippen LogP contribution in [-0.2, 0) is 0 Å². The SMILES string of the molecule is CCCCOc1cc(I)ccc1O. The highest BCUT2D eigenvalue weighted by Crippen LogP contribution is 2.27. The molecule has 0 radical (unpaired) electrons. The lowest BCUT2D eigenvalue weighted by molar-refractivity contribution is 0.292. The van der Waals surface area contributed by atoms with Crippen LogP contribution in [0, 0.1) is 3.57 Å². The second kappa shape index (κ2) is 5.32. The van der Waals surface area contributed by atoms with Crippen molar-refractivity contribution in [3.05, 3.63) is 21.8 Å². The number of ether oxygens (including phenoxy) is 1. The van der Waals surface area contributed by atoms with E-state index in [4.69, 9.17) is 4.74 Å². The van der Waals surface area contributed by atoms with Crippen LogP contribution >= 0.6 is 22.6 Å². The van der Waals surface area contributed by atoms with Crippen molar-refractivity contribution in [3.63, 3.8) is 0 Å². The zero-order valence-electron chi connectivity index (χ0n) is 7.59. The van der Waals surface area contributed by atoms with Crippen LogP contribution in [0.15, 0.2) is 18.2 Å². The van der Waals surface area contributed by atoms with Crippen LogP contribution in [0.3, 0.4) is 0 Å². The number of phenolic OH excluding ortho intramolecular Hbond substituents is 1. The summed E-state index contributed by atoms with van der Waals surface area (Å²) < 4.78 is 6.47. The average molecular weight is 292 g/mol. The predicted octanol–water partition coefficient (Wildman–Crippen LogP) is 3.18. The van der Waals surface area contributed by atoms with E-state index in [1.54, 1.807) is 6.07 Å². The molecule has 0 saturated carbocycles. The van der Waals surface area contributed by atoms with Gasteiger partial charge >= 0.3 is 0 Å². The summed E-state index contributed by atoms with van der Waals surface area (Å²) in [5.41, 5.74) is 0. The molecule has 13 heavy (non-hydrogen) atoms. The van der Waals surface area contributed by atoms with Gasteiger partial charge in [-0.2, -0.15) is 0 Å². The number of hydrogen-bond acceptors (Lipinski definition) is 2. The summed E-state index contributed by atoms with van der Waals surface area (Å²) in [4.78, 5) is 0. The van der Waals surface area contributed by atoms with E-state index in [1.807, 2.05) is 12.1 Å². The fourth-order valence-corrected chi connectivity index (χ4v) is 1.39. The molecule has 0 aromatic heterocycles. The van der Waals surface area contributed by atoms with Gasteiger partial charge in [-0.05, 0) is 47.2 Å². The number of unbranched alkanes of at least 4 members (excludes halogenated alkanes) is 1. The Kier molecular flexibility index (Phi) is 4.35. The normalized spacial score (nSPS) is 10.0. The van der Waals surface area contributed by atoms with Gasteiger partial charge in [-0.15, -0.1) is 0 Å². The van der Waals surface area contributed by atoms with E-state index in [1.165, 1.54) is 0 Å². The summed E-state index contributed by atoms with van der Waals surface area (Å²) in [7, 11) is 0. The van der Waals surface area contributed by atoms with Gasteiger partial charge in [-0.1, -0.05) is 13.3 Å². The lowest BCUT2D eigenvalue weighted by Gasteiger charge is -2.07. The van der Waals surface area contributed by atoms with E-state index in [0.717, 1.165) is 16.4 Å². The molecule has 1 aromatic carbocycles. The Bertz CT molecular complexity index is 274. The number of aromatic hydroxyl groups is 1. The van der Waals surface area contributed by atoms with Crippen molar-refractivity contribution in [1.82, 2.24) is 0 Å². The van der Waals surface area contributed by atoms with Crippen molar-refractivity contribution in [2.45, 2.75) is 19.8 Å². The molecule has 0 aliphatic rings. The van der Waals surface area contributed by atoms with Gasteiger partial charge in [0.2, 0.25) is 0 Å². The first kappa shape index (κ1) is 10.6. The van der Waals surface area contributed by atoms with E-state index in [2.05, 4.69) is 29.5 Å². The molecule has 0 bridgehead atoms. The summed E-state index contributed by atoms with van der Waals surface area (Å²) in [6.45, 7) is 2.78. The second-order valence-electron chi connectivity index (χ2n) is 2.81. The van der Waals surface area contributed by atoms with Crippen LogP contribution in [0.4, 0.5) is 0 Å². The zero-order valence-corrected chi connectivity index (χ0v) is 9.74.